The van der Waals surface area contributed by atoms with Gasteiger partial charge in [-0.3, -0.25) is 4.79 Å². The van der Waals surface area contributed by atoms with E-state index in [1.165, 1.54) is 7.05 Å². The third kappa shape index (κ3) is 5.20. The summed E-state index contributed by atoms with van der Waals surface area (Å²) in [4.78, 5) is 12.1. The van der Waals surface area contributed by atoms with Gasteiger partial charge in [-0.2, -0.15) is 10.4 Å². The monoisotopic (exact) mass is 414 g/mol. The Kier molecular flexibility index (Phi) is 7.23. The normalized spacial score (nSPS) is 11.1. The molecule has 3 rings (SSSR count). The van der Waals surface area contributed by atoms with Crippen LogP contribution in [0.2, 0.25) is 0 Å². The zero-order chi connectivity index (χ0) is 22.2. The Morgan fingerprint density at radius 2 is 2.03 bits per heavy atom. The fourth-order valence-electron chi connectivity index (χ4n) is 3.18. The predicted octanol–water partition coefficient (Wildman–Crippen LogP) is 4.68. The molecule has 6 nitrogen and oxygen atoms in total. The minimum atomic E-state index is -0.433. The number of carbonyl (C=O) groups excluding carboxylic acids is 1. The molecule has 1 amide bonds. The van der Waals surface area contributed by atoms with E-state index in [0.717, 1.165) is 35.4 Å². The number of unbranched alkanes of at least 4 members (excludes halogenated alkanes) is 1. The number of nitrogens with zero attached hydrogens (tertiary/aromatic N) is 3. The number of para-hydroxylation sites is 1. The van der Waals surface area contributed by atoms with Crippen molar-refractivity contribution in [1.82, 2.24) is 15.1 Å². The van der Waals surface area contributed by atoms with Crippen molar-refractivity contribution in [2.45, 2.75) is 26.7 Å². The number of nitrogens with one attached hydrogen (secondary N) is 1. The van der Waals surface area contributed by atoms with E-state index in [1.54, 1.807) is 10.8 Å². The molecule has 31 heavy (non-hydrogen) atoms. The second-order valence-corrected chi connectivity index (χ2v) is 7.14. The first-order chi connectivity index (χ1) is 15.1. The van der Waals surface area contributed by atoms with Crippen molar-refractivity contribution in [3.05, 3.63) is 71.4 Å². The lowest BCUT2D eigenvalue weighted by atomic mass is 10.0. The van der Waals surface area contributed by atoms with E-state index in [-0.39, 0.29) is 5.57 Å². The quantitative estimate of drug-likeness (QED) is 0.330. The number of hydrogen-bond acceptors (Lipinski definition) is 4. The molecule has 0 unspecified atom stereocenters. The Balaban J connectivity index is 2.08. The van der Waals surface area contributed by atoms with Crippen LogP contribution >= 0.6 is 0 Å². The van der Waals surface area contributed by atoms with Crippen LogP contribution in [-0.4, -0.2) is 29.3 Å². The van der Waals surface area contributed by atoms with Gasteiger partial charge in [0.2, 0.25) is 0 Å². The number of aromatic nitrogens is 2. The summed E-state index contributed by atoms with van der Waals surface area (Å²) < 4.78 is 7.57. The average molecular weight is 415 g/mol. The molecule has 0 aliphatic rings. The number of benzene rings is 2. The van der Waals surface area contributed by atoms with E-state index in [0.29, 0.717) is 17.9 Å². The fourth-order valence-corrected chi connectivity index (χ4v) is 3.18. The van der Waals surface area contributed by atoms with E-state index in [1.807, 2.05) is 67.7 Å². The molecule has 0 atom stereocenters. The summed E-state index contributed by atoms with van der Waals surface area (Å²) in [7, 11) is 1.50. The minimum absolute atomic E-state index is 0.0218. The summed E-state index contributed by atoms with van der Waals surface area (Å²) in [6, 6.07) is 17.6. The smallest absolute Gasteiger partial charge is 0.261 e. The minimum Gasteiger partial charge on any atom is -0.494 e. The van der Waals surface area contributed by atoms with Crippen LogP contribution in [0.15, 0.2) is 60.3 Å². The second kappa shape index (κ2) is 10.3. The summed E-state index contributed by atoms with van der Waals surface area (Å²) in [5.41, 5.74) is 4.20. The molecule has 1 heterocycles. The maximum absolute atomic E-state index is 12.1. The Morgan fingerprint density at radius 1 is 1.26 bits per heavy atom. The van der Waals surface area contributed by atoms with Crippen LogP contribution in [0.5, 0.6) is 5.75 Å². The van der Waals surface area contributed by atoms with E-state index in [9.17, 15) is 10.1 Å². The Labute approximate surface area is 182 Å². The predicted molar refractivity (Wildman–Crippen MR) is 122 cm³/mol. The number of hydrogen-bond donors (Lipinski definition) is 1. The highest BCUT2D eigenvalue weighted by atomic mass is 16.5. The summed E-state index contributed by atoms with van der Waals surface area (Å²) in [6.07, 6.45) is 5.49. The van der Waals surface area contributed by atoms with Crippen molar-refractivity contribution in [3.63, 3.8) is 0 Å². The van der Waals surface area contributed by atoms with Crippen molar-refractivity contribution in [2.75, 3.05) is 13.7 Å². The molecule has 1 N–H and O–H groups in total. The number of aryl methyl sites for hydroxylation is 1. The van der Waals surface area contributed by atoms with Crippen LogP contribution in [0.3, 0.4) is 0 Å². The average Bonchev–Trinajstić information content (AvgIpc) is 3.21. The molecule has 0 aliphatic carbocycles. The van der Waals surface area contributed by atoms with E-state index < -0.39 is 5.91 Å². The molecular formula is C25H26N4O2. The van der Waals surface area contributed by atoms with Crippen LogP contribution in [0.25, 0.3) is 23.0 Å². The molecule has 0 bridgehead atoms. The SMILES string of the molecule is CCCCOc1ccc(-c2nn(-c3ccccc3)cc2/C=C(/C#N)C(=O)NC)c(C)c1. The van der Waals surface area contributed by atoms with Gasteiger partial charge in [0.1, 0.15) is 23.1 Å². The molecule has 0 spiro atoms. The van der Waals surface area contributed by atoms with Gasteiger partial charge in [0.05, 0.1) is 12.3 Å². The highest BCUT2D eigenvalue weighted by Gasteiger charge is 2.16. The van der Waals surface area contributed by atoms with Crippen molar-refractivity contribution in [2.24, 2.45) is 0 Å². The molecule has 0 fully saturated rings. The zero-order valence-corrected chi connectivity index (χ0v) is 18.1. The standard InChI is InChI=1S/C25H26N4O2/c1-4-5-13-31-22-11-12-23(18(2)14-22)24-20(15-19(16-26)25(30)27-3)17-29(28-24)21-9-7-6-8-10-21/h6-12,14-15,17H,4-5,13H2,1-3H3,(H,27,30)/b19-15-. The number of carbonyl (C=O) groups is 1. The number of rotatable bonds is 8. The fraction of sp³-hybridized carbons (Fsp3) is 0.240. The van der Waals surface area contributed by atoms with Gasteiger partial charge in [-0.05, 0) is 55.3 Å². The highest BCUT2D eigenvalue weighted by molar-refractivity contribution is 6.02. The van der Waals surface area contributed by atoms with Gasteiger partial charge in [0.15, 0.2) is 0 Å². The molecule has 6 heteroatoms. The van der Waals surface area contributed by atoms with Crippen molar-refractivity contribution >= 4 is 12.0 Å². The second-order valence-electron chi connectivity index (χ2n) is 7.14. The lowest BCUT2D eigenvalue weighted by Gasteiger charge is -2.09. The molecule has 158 valence electrons. The molecule has 0 aliphatic heterocycles. The van der Waals surface area contributed by atoms with Gasteiger partial charge in [-0.15, -0.1) is 0 Å². The van der Waals surface area contributed by atoms with Gasteiger partial charge in [0.25, 0.3) is 5.91 Å². The molecule has 3 aromatic rings. The molecule has 0 radical (unpaired) electrons. The number of ether oxygens (including phenoxy) is 1. The lowest BCUT2D eigenvalue weighted by molar-refractivity contribution is -0.116. The summed E-state index contributed by atoms with van der Waals surface area (Å²) >= 11 is 0. The van der Waals surface area contributed by atoms with Gasteiger partial charge in [0, 0.05) is 24.4 Å². The van der Waals surface area contributed by atoms with Crippen LogP contribution in [-0.2, 0) is 4.79 Å². The largest absolute Gasteiger partial charge is 0.494 e. The van der Waals surface area contributed by atoms with E-state index >= 15 is 0 Å². The van der Waals surface area contributed by atoms with Crippen LogP contribution in [0.1, 0.15) is 30.9 Å². The third-order valence-electron chi connectivity index (χ3n) is 4.87. The van der Waals surface area contributed by atoms with Crippen molar-refractivity contribution in [3.8, 4) is 28.8 Å². The molecule has 2 aromatic carbocycles. The number of likely N-dealkylation sites (N-methyl/N-ethyl adjacent to an activating group) is 1. The third-order valence-corrected chi connectivity index (χ3v) is 4.87. The molecule has 1 aromatic heterocycles. The Bertz CT molecular complexity index is 1120. The van der Waals surface area contributed by atoms with Gasteiger partial charge < -0.3 is 10.1 Å². The molecule has 0 saturated heterocycles. The number of nitriles is 1. The Morgan fingerprint density at radius 3 is 2.68 bits per heavy atom. The van der Waals surface area contributed by atoms with Gasteiger partial charge >= 0.3 is 0 Å². The zero-order valence-electron chi connectivity index (χ0n) is 18.1. The molecular weight excluding hydrogens is 388 g/mol. The molecule has 0 saturated carbocycles. The van der Waals surface area contributed by atoms with Crippen molar-refractivity contribution < 1.29 is 9.53 Å². The van der Waals surface area contributed by atoms with Crippen LogP contribution in [0, 0.1) is 18.3 Å². The van der Waals surface area contributed by atoms with Crippen molar-refractivity contribution in [1.29, 1.82) is 5.26 Å². The van der Waals surface area contributed by atoms with Crippen LogP contribution < -0.4 is 10.1 Å². The lowest BCUT2D eigenvalue weighted by Crippen LogP contribution is -2.19. The Hall–Kier alpha value is -3.85. The summed E-state index contributed by atoms with van der Waals surface area (Å²) in [5, 5.41) is 16.7. The maximum atomic E-state index is 12.1. The van der Waals surface area contributed by atoms with Gasteiger partial charge in [-0.1, -0.05) is 31.5 Å². The van der Waals surface area contributed by atoms with Gasteiger partial charge in [-0.25, -0.2) is 4.68 Å². The first kappa shape index (κ1) is 21.8. The maximum Gasteiger partial charge on any atom is 0.261 e. The summed E-state index contributed by atoms with van der Waals surface area (Å²) in [6.45, 7) is 4.81. The first-order valence-electron chi connectivity index (χ1n) is 10.3. The highest BCUT2D eigenvalue weighted by Crippen LogP contribution is 2.30. The topological polar surface area (TPSA) is 79.9 Å². The summed E-state index contributed by atoms with van der Waals surface area (Å²) in [5.74, 6) is 0.384. The van der Waals surface area contributed by atoms with Crippen LogP contribution in [0.4, 0.5) is 0 Å². The van der Waals surface area contributed by atoms with E-state index in [4.69, 9.17) is 9.84 Å². The first-order valence-corrected chi connectivity index (χ1v) is 10.3. The van der Waals surface area contributed by atoms with E-state index in [2.05, 4.69) is 12.2 Å². The number of amides is 1.